The maximum absolute atomic E-state index is 5.06. The molecule has 0 aliphatic heterocycles. The van der Waals surface area contributed by atoms with Crippen LogP contribution in [0.25, 0.3) is 0 Å². The average Bonchev–Trinajstić information content (AvgIpc) is 2.91. The van der Waals surface area contributed by atoms with Gasteiger partial charge in [0.25, 0.3) is 0 Å². The molecule has 0 aromatic heterocycles. The molecule has 2 nitrogen and oxygen atoms in total. The molecule has 0 saturated carbocycles. The third-order valence-electron chi connectivity index (χ3n) is 6.59. The van der Waals surface area contributed by atoms with Crippen molar-refractivity contribution in [2.45, 2.75) is 117 Å². The van der Waals surface area contributed by atoms with Gasteiger partial charge in [0.1, 0.15) is 0 Å². The smallest absolute Gasteiger partial charge is 0.0848 e. The molecular weight excluding hydrogens is 495 g/mol. The van der Waals surface area contributed by atoms with Crippen LogP contribution in [0.1, 0.15) is 117 Å². The molecule has 37 heavy (non-hydrogen) atoms. The van der Waals surface area contributed by atoms with Crippen molar-refractivity contribution in [1.29, 1.82) is 0 Å². The Labute approximate surface area is 238 Å². The van der Waals surface area contributed by atoms with Crippen molar-refractivity contribution >= 4 is 22.8 Å². The second-order valence-corrected chi connectivity index (χ2v) is 9.91. The SMILES string of the molecule is CCCCCCCCCCCC/C=C/C(=N\c1ccccc1)C(/CCCCCC)=N/c1ccccc1.[Ni]. The fraction of sp³-hybridized carbons (Fsp3) is 0.529. The molecule has 3 heteroatoms. The maximum atomic E-state index is 5.06. The number of nitrogens with zero attached hydrogens (tertiary/aromatic N) is 2. The van der Waals surface area contributed by atoms with Gasteiger partial charge >= 0.3 is 0 Å². The number of aliphatic imine (C=N–C) groups is 2. The van der Waals surface area contributed by atoms with Crippen LogP contribution in [0.5, 0.6) is 0 Å². The molecule has 0 amide bonds. The molecular formula is C34H50N2Ni. The van der Waals surface area contributed by atoms with E-state index in [1.54, 1.807) is 0 Å². The Kier molecular flexibility index (Phi) is 20.7. The van der Waals surface area contributed by atoms with Gasteiger partial charge in [-0.1, -0.05) is 133 Å². The molecule has 0 fully saturated rings. The quantitative estimate of drug-likeness (QED) is 0.0898. The first kappa shape index (κ1) is 33.0. The third kappa shape index (κ3) is 16.5. The molecule has 0 bridgehead atoms. The van der Waals surface area contributed by atoms with Gasteiger partial charge in [-0.05, 0) is 56.0 Å². The van der Waals surface area contributed by atoms with Crippen LogP contribution in [0, 0.1) is 0 Å². The standard InChI is InChI=1S/C34H50N2.Ni/c1-3-5-7-9-10-11-12-13-14-15-16-24-30-34(36-32-27-21-18-22-28-32)33(29-23-8-6-4-2)35-31-25-19-17-20-26-31;/h17-22,24-28,30H,3-16,23,29H2,1-2H3;/b30-24+,35-33+,36-34+;. The number of benzene rings is 2. The van der Waals surface area contributed by atoms with Crippen LogP contribution < -0.4 is 0 Å². The zero-order valence-electron chi connectivity index (χ0n) is 23.5. The van der Waals surface area contributed by atoms with Crippen LogP contribution in [0.3, 0.4) is 0 Å². The minimum Gasteiger partial charge on any atom is -0.251 e. The first-order valence-corrected chi connectivity index (χ1v) is 14.8. The van der Waals surface area contributed by atoms with E-state index in [0.29, 0.717) is 0 Å². The summed E-state index contributed by atoms with van der Waals surface area (Å²) in [6.07, 6.45) is 25.3. The summed E-state index contributed by atoms with van der Waals surface area (Å²) in [4.78, 5) is 10.1. The Bertz CT molecular complexity index is 871. The minimum absolute atomic E-state index is 0. The maximum Gasteiger partial charge on any atom is 0.0848 e. The topological polar surface area (TPSA) is 24.7 Å². The van der Waals surface area contributed by atoms with E-state index in [0.717, 1.165) is 42.1 Å². The van der Waals surface area contributed by atoms with Crippen molar-refractivity contribution < 1.29 is 16.5 Å². The molecule has 0 aliphatic carbocycles. The number of para-hydroxylation sites is 2. The van der Waals surface area contributed by atoms with Crippen molar-refractivity contribution in [3.8, 4) is 0 Å². The summed E-state index contributed by atoms with van der Waals surface area (Å²) < 4.78 is 0. The summed E-state index contributed by atoms with van der Waals surface area (Å²) in [5.74, 6) is 0. The van der Waals surface area contributed by atoms with Crippen LogP contribution >= 0.6 is 0 Å². The zero-order chi connectivity index (χ0) is 25.5. The Balaban J connectivity index is 0.00000684. The van der Waals surface area contributed by atoms with Crippen molar-refractivity contribution in [3.05, 3.63) is 72.8 Å². The molecule has 0 radical (unpaired) electrons. The van der Waals surface area contributed by atoms with Crippen molar-refractivity contribution in [1.82, 2.24) is 0 Å². The first-order chi connectivity index (χ1) is 17.8. The van der Waals surface area contributed by atoms with Gasteiger partial charge in [0, 0.05) is 16.5 Å². The van der Waals surface area contributed by atoms with Crippen LogP contribution in [0.15, 0.2) is 82.8 Å². The summed E-state index contributed by atoms with van der Waals surface area (Å²) in [7, 11) is 0. The second-order valence-electron chi connectivity index (χ2n) is 9.91. The molecule has 2 rings (SSSR count). The molecule has 0 unspecified atom stereocenters. The monoisotopic (exact) mass is 544 g/mol. The molecule has 2 aromatic carbocycles. The third-order valence-corrected chi connectivity index (χ3v) is 6.59. The normalized spacial score (nSPS) is 12.2. The van der Waals surface area contributed by atoms with Crippen molar-refractivity contribution in [3.63, 3.8) is 0 Å². The largest absolute Gasteiger partial charge is 0.251 e. The van der Waals surface area contributed by atoms with Crippen LogP contribution in [-0.2, 0) is 16.5 Å². The van der Waals surface area contributed by atoms with Crippen molar-refractivity contribution in [2.75, 3.05) is 0 Å². The minimum atomic E-state index is 0. The van der Waals surface area contributed by atoms with Gasteiger partial charge in [-0.15, -0.1) is 0 Å². The fourth-order valence-corrected chi connectivity index (χ4v) is 4.40. The Morgan fingerprint density at radius 2 is 1.03 bits per heavy atom. The molecule has 2 aromatic rings. The van der Waals surface area contributed by atoms with Gasteiger partial charge in [-0.2, -0.15) is 0 Å². The van der Waals surface area contributed by atoms with E-state index < -0.39 is 0 Å². The molecule has 0 atom stereocenters. The van der Waals surface area contributed by atoms with Crippen molar-refractivity contribution in [2.24, 2.45) is 9.98 Å². The predicted molar refractivity (Wildman–Crippen MR) is 161 cm³/mol. The molecule has 0 saturated heterocycles. The molecule has 0 spiro atoms. The van der Waals surface area contributed by atoms with E-state index in [4.69, 9.17) is 9.98 Å². The van der Waals surface area contributed by atoms with Crippen LogP contribution in [0.2, 0.25) is 0 Å². The van der Waals surface area contributed by atoms with E-state index in [-0.39, 0.29) is 16.5 Å². The van der Waals surface area contributed by atoms with Crippen LogP contribution in [0.4, 0.5) is 11.4 Å². The predicted octanol–water partition coefficient (Wildman–Crippen LogP) is 11.4. The molecule has 0 heterocycles. The molecule has 0 N–H and O–H groups in total. The fourth-order valence-electron chi connectivity index (χ4n) is 4.40. The van der Waals surface area contributed by atoms with E-state index in [9.17, 15) is 0 Å². The van der Waals surface area contributed by atoms with E-state index in [1.165, 1.54) is 83.5 Å². The number of allylic oxidation sites excluding steroid dienone is 2. The van der Waals surface area contributed by atoms with E-state index in [2.05, 4.69) is 74.5 Å². The summed E-state index contributed by atoms with van der Waals surface area (Å²) in [6, 6.07) is 20.6. The number of unbranched alkanes of at least 4 members (excludes halogenated alkanes) is 13. The average molecular weight is 545 g/mol. The van der Waals surface area contributed by atoms with Gasteiger partial charge < -0.3 is 0 Å². The Hall–Kier alpha value is -1.99. The van der Waals surface area contributed by atoms with Gasteiger partial charge in [-0.25, -0.2) is 4.99 Å². The number of hydrogen-bond donors (Lipinski definition) is 0. The second kappa shape index (κ2) is 23.2. The number of hydrogen-bond acceptors (Lipinski definition) is 2. The summed E-state index contributed by atoms with van der Waals surface area (Å²) in [5, 5.41) is 0. The number of rotatable bonds is 20. The van der Waals surface area contributed by atoms with Gasteiger partial charge in [0.2, 0.25) is 0 Å². The zero-order valence-corrected chi connectivity index (χ0v) is 24.4. The molecule has 206 valence electrons. The van der Waals surface area contributed by atoms with Gasteiger partial charge in [-0.3, -0.25) is 4.99 Å². The van der Waals surface area contributed by atoms with Gasteiger partial charge in [0.05, 0.1) is 22.8 Å². The summed E-state index contributed by atoms with van der Waals surface area (Å²) in [5.41, 5.74) is 4.10. The van der Waals surface area contributed by atoms with E-state index in [1.807, 2.05) is 12.1 Å². The van der Waals surface area contributed by atoms with Crippen LogP contribution in [-0.4, -0.2) is 11.4 Å². The van der Waals surface area contributed by atoms with Gasteiger partial charge in [0.15, 0.2) is 0 Å². The first-order valence-electron chi connectivity index (χ1n) is 14.8. The Morgan fingerprint density at radius 3 is 1.57 bits per heavy atom. The summed E-state index contributed by atoms with van der Waals surface area (Å²) in [6.45, 7) is 4.55. The summed E-state index contributed by atoms with van der Waals surface area (Å²) >= 11 is 0. The van der Waals surface area contributed by atoms with E-state index >= 15 is 0 Å². The molecule has 0 aliphatic rings. The Morgan fingerprint density at radius 1 is 0.568 bits per heavy atom.